The van der Waals surface area contributed by atoms with Gasteiger partial charge in [0, 0.05) is 13.5 Å². The van der Waals surface area contributed by atoms with Crippen molar-refractivity contribution in [1.82, 2.24) is 14.9 Å². The molecule has 4 atom stereocenters. The molecule has 3 aromatic rings. The second-order valence-corrected chi connectivity index (χ2v) is 8.57. The summed E-state index contributed by atoms with van der Waals surface area (Å²) in [7, 11) is 2.03. The Hall–Kier alpha value is -2.62. The summed E-state index contributed by atoms with van der Waals surface area (Å²) < 4.78 is 2.10. The van der Waals surface area contributed by atoms with E-state index in [1.54, 1.807) is 0 Å². The van der Waals surface area contributed by atoms with Crippen LogP contribution in [0.1, 0.15) is 49.5 Å². The minimum Gasteiger partial charge on any atom is -0.342 e. The zero-order valence-electron chi connectivity index (χ0n) is 16.3. The van der Waals surface area contributed by atoms with Crippen LogP contribution in [0.3, 0.4) is 0 Å². The summed E-state index contributed by atoms with van der Waals surface area (Å²) in [4.78, 5) is 17.9. The molecule has 1 N–H and O–H groups in total. The van der Waals surface area contributed by atoms with Crippen molar-refractivity contribution in [2.75, 3.05) is 0 Å². The topological polar surface area (TPSA) is 46.9 Å². The Kier molecular flexibility index (Phi) is 4.42. The second-order valence-electron chi connectivity index (χ2n) is 8.57. The fraction of sp³-hybridized carbons (Fsp3) is 0.417. The van der Waals surface area contributed by atoms with Gasteiger partial charge in [0.15, 0.2) is 0 Å². The third kappa shape index (κ3) is 3.11. The Labute approximate surface area is 166 Å². The van der Waals surface area contributed by atoms with Crippen LogP contribution in [0.2, 0.25) is 0 Å². The molecule has 28 heavy (non-hydrogen) atoms. The van der Waals surface area contributed by atoms with Crippen molar-refractivity contribution in [1.29, 1.82) is 0 Å². The largest absolute Gasteiger partial charge is 0.342 e. The quantitative estimate of drug-likeness (QED) is 0.710. The smallest absolute Gasteiger partial charge is 0.221 e. The summed E-state index contributed by atoms with van der Waals surface area (Å²) in [5.74, 6) is 3.23. The Balaban J connectivity index is 1.43. The van der Waals surface area contributed by atoms with Crippen molar-refractivity contribution in [3.05, 3.63) is 66.0 Å². The number of hydrogen-bond acceptors (Lipinski definition) is 2. The molecule has 2 saturated carbocycles. The van der Waals surface area contributed by atoms with Crippen LogP contribution in [0.15, 0.2) is 54.6 Å². The van der Waals surface area contributed by atoms with Crippen molar-refractivity contribution in [3.63, 3.8) is 0 Å². The summed E-state index contributed by atoms with van der Waals surface area (Å²) in [5, 5.41) is 3.32. The molecule has 4 nitrogen and oxygen atoms in total. The highest BCUT2D eigenvalue weighted by Gasteiger charge is 2.40. The third-order valence-electron chi connectivity index (χ3n) is 6.85. The van der Waals surface area contributed by atoms with Crippen LogP contribution >= 0.6 is 0 Å². The molecule has 2 fully saturated rings. The van der Waals surface area contributed by atoms with Gasteiger partial charge in [-0.2, -0.15) is 0 Å². The van der Waals surface area contributed by atoms with E-state index in [1.807, 2.05) is 43.4 Å². The standard InChI is InChI=1S/C24H27N3O/c1-27-21-10-6-5-9-20(21)25-24(27)23(17-7-3-2-4-8-17)26-22(28)15-19-14-16-11-12-18(19)13-16/h2-10,16,18-19,23H,11-15H2,1H3,(H,26,28)/t16-,18-,19+,23+/m0/s1. The molecule has 2 aliphatic rings. The fourth-order valence-electron chi connectivity index (χ4n) is 5.45. The van der Waals surface area contributed by atoms with Crippen LogP contribution in [0.5, 0.6) is 0 Å². The number of aromatic nitrogens is 2. The van der Waals surface area contributed by atoms with Gasteiger partial charge in [-0.15, -0.1) is 0 Å². The first-order chi connectivity index (χ1) is 13.7. The van der Waals surface area contributed by atoms with Crippen LogP contribution in [-0.4, -0.2) is 15.5 Å². The predicted molar refractivity (Wildman–Crippen MR) is 111 cm³/mol. The lowest BCUT2D eigenvalue weighted by atomic mass is 9.86. The van der Waals surface area contributed by atoms with E-state index in [-0.39, 0.29) is 11.9 Å². The van der Waals surface area contributed by atoms with Crippen molar-refractivity contribution in [2.24, 2.45) is 24.8 Å². The van der Waals surface area contributed by atoms with Crippen molar-refractivity contribution in [2.45, 2.75) is 38.1 Å². The molecule has 144 valence electrons. The van der Waals surface area contributed by atoms with E-state index < -0.39 is 0 Å². The van der Waals surface area contributed by atoms with Gasteiger partial charge >= 0.3 is 0 Å². The van der Waals surface area contributed by atoms with Crippen LogP contribution in [0, 0.1) is 17.8 Å². The molecule has 2 aliphatic carbocycles. The predicted octanol–water partition coefficient (Wildman–Crippen LogP) is 4.61. The average molecular weight is 374 g/mol. The number of amides is 1. The minimum absolute atomic E-state index is 0.151. The molecular weight excluding hydrogens is 346 g/mol. The summed E-state index contributed by atoms with van der Waals surface area (Å²) in [6.07, 6.45) is 5.91. The molecule has 0 unspecified atom stereocenters. The van der Waals surface area contributed by atoms with Crippen molar-refractivity contribution < 1.29 is 4.79 Å². The van der Waals surface area contributed by atoms with Gasteiger partial charge in [0.25, 0.3) is 0 Å². The molecule has 2 aromatic carbocycles. The monoisotopic (exact) mass is 373 g/mol. The molecule has 0 radical (unpaired) electrons. The molecule has 1 heterocycles. The maximum atomic E-state index is 13.0. The Bertz CT molecular complexity index is 994. The molecule has 0 spiro atoms. The van der Waals surface area contributed by atoms with Crippen LogP contribution in [-0.2, 0) is 11.8 Å². The van der Waals surface area contributed by atoms with Crippen molar-refractivity contribution in [3.8, 4) is 0 Å². The van der Waals surface area contributed by atoms with E-state index in [0.717, 1.165) is 34.3 Å². The second kappa shape index (κ2) is 7.08. The lowest BCUT2D eigenvalue weighted by Crippen LogP contribution is -2.33. The highest BCUT2D eigenvalue weighted by molar-refractivity contribution is 5.79. The Morgan fingerprint density at radius 2 is 1.89 bits per heavy atom. The fourth-order valence-corrected chi connectivity index (χ4v) is 5.45. The number of nitrogens with zero attached hydrogens (tertiary/aromatic N) is 2. The molecule has 1 amide bonds. The lowest BCUT2D eigenvalue weighted by Gasteiger charge is -2.24. The average Bonchev–Trinajstić information content (AvgIpc) is 3.42. The minimum atomic E-state index is -0.232. The van der Waals surface area contributed by atoms with Gasteiger partial charge in [0.2, 0.25) is 5.91 Å². The summed E-state index contributed by atoms with van der Waals surface area (Å²) in [5.41, 5.74) is 3.12. The molecule has 2 bridgehead atoms. The van der Waals surface area contributed by atoms with E-state index in [4.69, 9.17) is 4.98 Å². The number of aryl methyl sites for hydroxylation is 1. The summed E-state index contributed by atoms with van der Waals surface area (Å²) in [6.45, 7) is 0. The maximum Gasteiger partial charge on any atom is 0.221 e. The van der Waals surface area contributed by atoms with Gasteiger partial charge in [-0.3, -0.25) is 4.79 Å². The van der Waals surface area contributed by atoms with Crippen LogP contribution in [0.25, 0.3) is 11.0 Å². The number of carbonyl (C=O) groups excluding carboxylic acids is 1. The number of benzene rings is 2. The van der Waals surface area contributed by atoms with Gasteiger partial charge in [-0.05, 0) is 54.7 Å². The van der Waals surface area contributed by atoms with E-state index in [1.165, 1.54) is 25.7 Å². The van der Waals surface area contributed by atoms with Gasteiger partial charge < -0.3 is 9.88 Å². The summed E-state index contributed by atoms with van der Waals surface area (Å²) in [6, 6.07) is 18.1. The lowest BCUT2D eigenvalue weighted by molar-refractivity contribution is -0.123. The SMILES string of the molecule is Cn1c([C@H](NC(=O)C[C@H]2C[C@H]3CC[C@H]2C3)c2ccccc2)nc2ccccc21. The number of fused-ring (bicyclic) bond motifs is 3. The zero-order valence-corrected chi connectivity index (χ0v) is 16.3. The highest BCUT2D eigenvalue weighted by atomic mass is 16.1. The molecule has 4 heteroatoms. The number of nitrogens with one attached hydrogen (secondary N) is 1. The number of imidazole rings is 1. The Morgan fingerprint density at radius 1 is 1.11 bits per heavy atom. The maximum absolute atomic E-state index is 13.0. The summed E-state index contributed by atoms with van der Waals surface area (Å²) >= 11 is 0. The van der Waals surface area contributed by atoms with E-state index >= 15 is 0 Å². The zero-order chi connectivity index (χ0) is 19.1. The molecule has 5 rings (SSSR count). The van der Waals surface area contributed by atoms with Gasteiger partial charge in [0.1, 0.15) is 11.9 Å². The number of para-hydroxylation sites is 2. The normalized spacial score (nSPS) is 24.5. The van der Waals surface area contributed by atoms with Crippen molar-refractivity contribution >= 4 is 16.9 Å². The van der Waals surface area contributed by atoms with Gasteiger partial charge in [-0.1, -0.05) is 48.9 Å². The number of carbonyl (C=O) groups is 1. The number of rotatable bonds is 5. The van der Waals surface area contributed by atoms with E-state index in [2.05, 4.69) is 28.1 Å². The number of hydrogen-bond donors (Lipinski definition) is 1. The van der Waals surface area contributed by atoms with E-state index in [9.17, 15) is 4.79 Å². The first-order valence-electron chi connectivity index (χ1n) is 10.4. The first-order valence-corrected chi connectivity index (χ1v) is 10.4. The molecular formula is C24H27N3O. The molecule has 0 aliphatic heterocycles. The van der Waals surface area contributed by atoms with Crippen LogP contribution in [0.4, 0.5) is 0 Å². The molecule has 1 aromatic heterocycles. The Morgan fingerprint density at radius 3 is 2.61 bits per heavy atom. The van der Waals surface area contributed by atoms with E-state index in [0.29, 0.717) is 12.3 Å². The third-order valence-corrected chi connectivity index (χ3v) is 6.85. The molecule has 0 saturated heterocycles. The first kappa shape index (κ1) is 17.5. The van der Waals surface area contributed by atoms with Gasteiger partial charge in [-0.25, -0.2) is 4.98 Å². The van der Waals surface area contributed by atoms with Crippen LogP contribution < -0.4 is 5.32 Å². The highest BCUT2D eigenvalue weighted by Crippen LogP contribution is 2.49. The van der Waals surface area contributed by atoms with Gasteiger partial charge in [0.05, 0.1) is 11.0 Å².